The quantitative estimate of drug-likeness (QED) is 0.569. The van der Waals surface area contributed by atoms with Crippen LogP contribution in [0.3, 0.4) is 0 Å². The lowest BCUT2D eigenvalue weighted by Crippen LogP contribution is -2.42. The summed E-state index contributed by atoms with van der Waals surface area (Å²) in [4.78, 5) is 21.1. The lowest BCUT2D eigenvalue weighted by atomic mass is 10.0. The first-order valence-electron chi connectivity index (χ1n) is 9.83. The fraction of sp³-hybridized carbons (Fsp3) is 0.261. The van der Waals surface area contributed by atoms with Crippen LogP contribution in [0.5, 0.6) is 0 Å². The van der Waals surface area contributed by atoms with Crippen LogP contribution in [0.4, 0.5) is 5.69 Å². The van der Waals surface area contributed by atoms with Crippen molar-refractivity contribution >= 4 is 50.1 Å². The molecule has 2 aliphatic heterocycles. The first kappa shape index (κ1) is 17.7. The number of para-hydroxylation sites is 2. The van der Waals surface area contributed by atoms with Crippen molar-refractivity contribution in [1.29, 1.82) is 0 Å². The van der Waals surface area contributed by atoms with Crippen LogP contribution in [-0.2, 0) is 4.79 Å². The molecule has 3 heterocycles. The summed E-state index contributed by atoms with van der Waals surface area (Å²) in [6, 6.07) is 14.3. The lowest BCUT2D eigenvalue weighted by molar-refractivity contribution is -0.113. The summed E-state index contributed by atoms with van der Waals surface area (Å²) >= 11 is 3.68. The van der Waals surface area contributed by atoms with Crippen LogP contribution in [0.2, 0.25) is 0 Å². The minimum absolute atomic E-state index is 0.0813. The number of fused-ring (bicyclic) bond motifs is 2. The van der Waals surface area contributed by atoms with E-state index in [1.54, 1.807) is 0 Å². The van der Waals surface area contributed by atoms with Crippen molar-refractivity contribution in [3.8, 4) is 0 Å². The third-order valence-corrected chi connectivity index (χ3v) is 6.37. The van der Waals surface area contributed by atoms with Gasteiger partial charge in [0.2, 0.25) is 0 Å². The van der Waals surface area contributed by atoms with E-state index in [0.717, 1.165) is 50.9 Å². The number of aromatic nitrogens is 1. The number of likely N-dealkylation sites (tertiary alicyclic amines) is 1. The molecule has 1 aromatic heterocycles. The van der Waals surface area contributed by atoms with Gasteiger partial charge in [-0.2, -0.15) is 0 Å². The topological polar surface area (TPSA) is 39.3 Å². The van der Waals surface area contributed by atoms with Gasteiger partial charge in [0.25, 0.3) is 5.91 Å². The second-order valence-electron chi connectivity index (χ2n) is 7.54. The first-order valence-corrected chi connectivity index (χ1v) is 10.6. The monoisotopic (exact) mass is 435 g/mol. The molecule has 0 atom stereocenters. The zero-order valence-electron chi connectivity index (χ0n) is 15.6. The molecule has 28 heavy (non-hydrogen) atoms. The zero-order valence-corrected chi connectivity index (χ0v) is 17.2. The minimum Gasteiger partial charge on any atom is -0.361 e. The van der Waals surface area contributed by atoms with Crippen molar-refractivity contribution in [3.63, 3.8) is 0 Å². The Morgan fingerprint density at radius 3 is 2.71 bits per heavy atom. The Hall–Kier alpha value is -2.37. The van der Waals surface area contributed by atoms with E-state index in [1.165, 1.54) is 19.3 Å². The molecule has 2 aliphatic rings. The third kappa shape index (κ3) is 2.99. The lowest BCUT2D eigenvalue weighted by Gasteiger charge is -2.31. The van der Waals surface area contributed by atoms with Gasteiger partial charge < -0.3 is 4.98 Å². The SMILES string of the molecule is O=C1C(=Cc2c[nH]c3ccccc23)c2cccc(Br)c2N1CN1CCCCC1. The molecule has 5 rings (SSSR count). The molecule has 0 unspecified atom stereocenters. The normalized spacial score (nSPS) is 19.0. The van der Waals surface area contributed by atoms with Crippen LogP contribution in [0, 0.1) is 0 Å². The average Bonchev–Trinajstić information content (AvgIpc) is 3.25. The fourth-order valence-electron chi connectivity index (χ4n) is 4.31. The van der Waals surface area contributed by atoms with E-state index in [9.17, 15) is 4.79 Å². The van der Waals surface area contributed by atoms with E-state index < -0.39 is 0 Å². The Bertz CT molecular complexity index is 1080. The van der Waals surface area contributed by atoms with E-state index in [2.05, 4.69) is 44.0 Å². The fourth-order valence-corrected chi connectivity index (χ4v) is 4.89. The Morgan fingerprint density at radius 1 is 1.04 bits per heavy atom. The molecular formula is C23H22BrN3O. The largest absolute Gasteiger partial charge is 0.361 e. The second kappa shape index (κ2) is 7.22. The van der Waals surface area contributed by atoms with E-state index in [1.807, 2.05) is 41.4 Å². The number of nitrogens with zero attached hydrogens (tertiary/aromatic N) is 2. The van der Waals surface area contributed by atoms with Gasteiger partial charge in [0, 0.05) is 38.3 Å². The van der Waals surface area contributed by atoms with Crippen molar-refractivity contribution in [2.24, 2.45) is 0 Å². The number of piperidine rings is 1. The van der Waals surface area contributed by atoms with Crippen molar-refractivity contribution in [2.75, 3.05) is 24.7 Å². The Morgan fingerprint density at radius 2 is 1.86 bits per heavy atom. The first-order chi connectivity index (χ1) is 13.7. The maximum atomic E-state index is 13.5. The maximum Gasteiger partial charge on any atom is 0.260 e. The molecule has 0 spiro atoms. The predicted molar refractivity (Wildman–Crippen MR) is 118 cm³/mol. The zero-order chi connectivity index (χ0) is 19.1. The highest BCUT2D eigenvalue weighted by atomic mass is 79.9. The number of carbonyl (C=O) groups excluding carboxylic acids is 1. The van der Waals surface area contributed by atoms with E-state index in [0.29, 0.717) is 6.67 Å². The summed E-state index contributed by atoms with van der Waals surface area (Å²) in [5.74, 6) is 0.0813. The van der Waals surface area contributed by atoms with Gasteiger partial charge in [-0.3, -0.25) is 14.6 Å². The van der Waals surface area contributed by atoms with Crippen molar-refractivity contribution in [2.45, 2.75) is 19.3 Å². The molecule has 3 aromatic rings. The molecule has 142 valence electrons. The van der Waals surface area contributed by atoms with Crippen molar-refractivity contribution in [3.05, 3.63) is 64.3 Å². The van der Waals surface area contributed by atoms with Crippen LogP contribution >= 0.6 is 15.9 Å². The predicted octanol–water partition coefficient (Wildman–Crippen LogP) is 5.26. The van der Waals surface area contributed by atoms with Crippen LogP contribution in [0.15, 0.2) is 53.1 Å². The van der Waals surface area contributed by atoms with Crippen molar-refractivity contribution in [1.82, 2.24) is 9.88 Å². The summed E-state index contributed by atoms with van der Waals surface area (Å²) < 4.78 is 0.970. The second-order valence-corrected chi connectivity index (χ2v) is 8.39. The molecule has 1 saturated heterocycles. The summed E-state index contributed by atoms with van der Waals surface area (Å²) in [5, 5.41) is 1.13. The standard InChI is InChI=1S/C23H22BrN3O/c24-20-9-6-8-18-19(13-16-14-25-21-10-3-2-7-17(16)21)23(28)27(22(18)20)15-26-11-4-1-5-12-26/h2-3,6-10,13-14,25H,1,4-5,11-12,15H2. The number of rotatable bonds is 3. The van der Waals surface area contributed by atoms with Gasteiger partial charge in [-0.05, 0) is 60.1 Å². The van der Waals surface area contributed by atoms with Gasteiger partial charge in [0.1, 0.15) is 0 Å². The van der Waals surface area contributed by atoms with E-state index in [-0.39, 0.29) is 5.91 Å². The number of hydrogen-bond donors (Lipinski definition) is 1. The number of aromatic amines is 1. The molecule has 5 heteroatoms. The Kier molecular flexibility index (Phi) is 4.57. The van der Waals surface area contributed by atoms with Gasteiger partial charge in [0.05, 0.1) is 12.4 Å². The molecule has 0 aliphatic carbocycles. The molecule has 1 amide bonds. The summed E-state index contributed by atoms with van der Waals surface area (Å²) in [6.07, 6.45) is 7.72. The van der Waals surface area contributed by atoms with Gasteiger partial charge in [-0.15, -0.1) is 0 Å². The Labute approximate surface area is 173 Å². The summed E-state index contributed by atoms with van der Waals surface area (Å²) in [6.45, 7) is 2.77. The van der Waals surface area contributed by atoms with E-state index in [4.69, 9.17) is 0 Å². The van der Waals surface area contributed by atoms with Gasteiger partial charge in [0.15, 0.2) is 0 Å². The number of hydrogen-bond acceptors (Lipinski definition) is 2. The number of nitrogens with one attached hydrogen (secondary N) is 1. The molecule has 4 nitrogen and oxygen atoms in total. The molecule has 0 bridgehead atoms. The minimum atomic E-state index is 0.0813. The molecule has 0 saturated carbocycles. The number of H-pyrrole nitrogens is 1. The molecular weight excluding hydrogens is 414 g/mol. The highest BCUT2D eigenvalue weighted by molar-refractivity contribution is 9.10. The summed E-state index contributed by atoms with van der Waals surface area (Å²) in [7, 11) is 0. The summed E-state index contributed by atoms with van der Waals surface area (Å²) in [5.41, 5.74) is 4.88. The van der Waals surface area contributed by atoms with E-state index >= 15 is 0 Å². The van der Waals surface area contributed by atoms with Gasteiger partial charge >= 0.3 is 0 Å². The van der Waals surface area contributed by atoms with Gasteiger partial charge in [-0.1, -0.05) is 36.8 Å². The highest BCUT2D eigenvalue weighted by Crippen LogP contribution is 2.43. The highest BCUT2D eigenvalue weighted by Gasteiger charge is 2.35. The molecule has 1 fully saturated rings. The number of benzene rings is 2. The van der Waals surface area contributed by atoms with Crippen LogP contribution in [0.1, 0.15) is 30.4 Å². The number of anilines is 1. The maximum absolute atomic E-state index is 13.5. The Balaban J connectivity index is 1.57. The third-order valence-electron chi connectivity index (χ3n) is 5.73. The van der Waals surface area contributed by atoms with Crippen LogP contribution in [-0.4, -0.2) is 35.5 Å². The smallest absolute Gasteiger partial charge is 0.260 e. The van der Waals surface area contributed by atoms with Gasteiger partial charge in [-0.25, -0.2) is 0 Å². The number of amides is 1. The average molecular weight is 436 g/mol. The van der Waals surface area contributed by atoms with Crippen molar-refractivity contribution < 1.29 is 4.79 Å². The number of halogens is 1. The molecule has 0 radical (unpaired) electrons. The molecule has 1 N–H and O–H groups in total. The molecule has 2 aromatic carbocycles. The number of carbonyl (C=O) groups is 1. The van der Waals surface area contributed by atoms with Crippen LogP contribution in [0.25, 0.3) is 22.6 Å². The van der Waals surface area contributed by atoms with Crippen LogP contribution < -0.4 is 4.90 Å².